The van der Waals surface area contributed by atoms with Gasteiger partial charge in [0.2, 0.25) is 0 Å². The number of carbonyl (C=O) groups is 1. The third-order valence-corrected chi connectivity index (χ3v) is 4.51. The lowest BCUT2D eigenvalue weighted by atomic mass is 10.1. The van der Waals surface area contributed by atoms with Gasteiger partial charge in [-0.2, -0.15) is 0 Å². The molecular formula is C19H29NO3. The lowest BCUT2D eigenvalue weighted by Gasteiger charge is -2.32. The van der Waals surface area contributed by atoms with Crippen LogP contribution in [0.1, 0.15) is 46.5 Å². The molecule has 0 radical (unpaired) electrons. The quantitative estimate of drug-likeness (QED) is 0.645. The van der Waals surface area contributed by atoms with Crippen molar-refractivity contribution in [2.75, 3.05) is 18.6 Å². The summed E-state index contributed by atoms with van der Waals surface area (Å²) in [6.07, 6.45) is 4.04. The van der Waals surface area contributed by atoms with Gasteiger partial charge in [0.05, 0.1) is 7.11 Å². The van der Waals surface area contributed by atoms with Crippen LogP contribution in [0, 0.1) is 5.92 Å². The minimum Gasteiger partial charge on any atom is -0.497 e. The lowest BCUT2D eigenvalue weighted by molar-refractivity contribution is -0.129. The molecular weight excluding hydrogens is 290 g/mol. The number of carbonyl (C=O) groups excluding carboxylic acids is 1. The van der Waals surface area contributed by atoms with Gasteiger partial charge in [0.15, 0.2) is 0 Å². The molecule has 0 N–H and O–H groups in total. The number of nitrogens with zero attached hydrogens (tertiary/aromatic N) is 1. The first-order valence-corrected chi connectivity index (χ1v) is 8.67. The van der Waals surface area contributed by atoms with Gasteiger partial charge in [0, 0.05) is 18.3 Å². The number of methoxy groups -OCH3 is 1. The van der Waals surface area contributed by atoms with Gasteiger partial charge in [0.25, 0.3) is 5.91 Å². The van der Waals surface area contributed by atoms with Gasteiger partial charge < -0.3 is 14.4 Å². The molecule has 0 saturated heterocycles. The highest BCUT2D eigenvalue weighted by Crippen LogP contribution is 2.37. The van der Waals surface area contributed by atoms with E-state index in [1.54, 1.807) is 7.11 Å². The molecule has 1 saturated carbocycles. The Hall–Kier alpha value is -1.55. The minimum atomic E-state index is -0.412. The summed E-state index contributed by atoms with van der Waals surface area (Å²) in [6.45, 7) is 6.75. The molecule has 1 aromatic rings. The van der Waals surface area contributed by atoms with Gasteiger partial charge in [-0.1, -0.05) is 13.3 Å². The van der Waals surface area contributed by atoms with E-state index >= 15 is 0 Å². The summed E-state index contributed by atoms with van der Waals surface area (Å²) in [5.74, 6) is 1.45. The Morgan fingerprint density at radius 2 is 1.91 bits per heavy atom. The molecule has 1 aliphatic rings. The number of ether oxygens (including phenoxy) is 2. The van der Waals surface area contributed by atoms with E-state index < -0.39 is 6.10 Å². The SMILES string of the molecule is CCCCO[C@@H](C)C(=O)N(c1ccc(OC)cc1)[C@@H](C)C1CC1. The predicted molar refractivity (Wildman–Crippen MR) is 93.0 cm³/mol. The number of rotatable bonds is 9. The molecule has 1 fully saturated rings. The second-order valence-corrected chi connectivity index (χ2v) is 6.35. The summed E-state index contributed by atoms with van der Waals surface area (Å²) >= 11 is 0. The van der Waals surface area contributed by atoms with Gasteiger partial charge in [-0.05, 0) is 63.3 Å². The van der Waals surface area contributed by atoms with Crippen LogP contribution in [-0.2, 0) is 9.53 Å². The smallest absolute Gasteiger partial charge is 0.256 e. The summed E-state index contributed by atoms with van der Waals surface area (Å²) in [7, 11) is 1.65. The molecule has 0 aromatic heterocycles. The molecule has 0 aliphatic heterocycles. The molecule has 23 heavy (non-hydrogen) atoms. The van der Waals surface area contributed by atoms with Gasteiger partial charge in [0.1, 0.15) is 11.9 Å². The van der Waals surface area contributed by atoms with Crippen molar-refractivity contribution in [3.63, 3.8) is 0 Å². The maximum atomic E-state index is 12.9. The summed E-state index contributed by atoms with van der Waals surface area (Å²) in [5.41, 5.74) is 0.918. The van der Waals surface area contributed by atoms with E-state index in [-0.39, 0.29) is 11.9 Å². The molecule has 0 bridgehead atoms. The molecule has 0 unspecified atom stereocenters. The van der Waals surface area contributed by atoms with Gasteiger partial charge in [-0.25, -0.2) is 0 Å². The van der Waals surface area contributed by atoms with Crippen LogP contribution in [0.25, 0.3) is 0 Å². The van der Waals surface area contributed by atoms with E-state index in [2.05, 4.69) is 13.8 Å². The van der Waals surface area contributed by atoms with Crippen LogP contribution < -0.4 is 9.64 Å². The van der Waals surface area contributed by atoms with Crippen molar-refractivity contribution in [2.45, 2.75) is 58.6 Å². The van der Waals surface area contributed by atoms with Crippen molar-refractivity contribution in [1.29, 1.82) is 0 Å². The van der Waals surface area contributed by atoms with Crippen LogP contribution in [0.5, 0.6) is 5.75 Å². The predicted octanol–water partition coefficient (Wildman–Crippen LogP) is 4.03. The van der Waals surface area contributed by atoms with E-state index in [1.165, 1.54) is 12.8 Å². The molecule has 4 nitrogen and oxygen atoms in total. The summed E-state index contributed by atoms with van der Waals surface area (Å²) < 4.78 is 10.9. The Kier molecular flexibility index (Phi) is 6.46. The molecule has 0 spiro atoms. The topological polar surface area (TPSA) is 38.8 Å². The zero-order chi connectivity index (χ0) is 16.8. The van der Waals surface area contributed by atoms with Crippen LogP contribution in [0.15, 0.2) is 24.3 Å². The number of anilines is 1. The van der Waals surface area contributed by atoms with E-state index in [0.717, 1.165) is 24.3 Å². The second-order valence-electron chi connectivity index (χ2n) is 6.35. The number of amides is 1. The second kappa shape index (κ2) is 8.34. The van der Waals surface area contributed by atoms with E-state index in [4.69, 9.17) is 9.47 Å². The first kappa shape index (κ1) is 17.8. The molecule has 2 rings (SSSR count). The highest BCUT2D eigenvalue weighted by molar-refractivity contribution is 5.97. The first-order chi connectivity index (χ1) is 11.1. The molecule has 1 aromatic carbocycles. The average Bonchev–Trinajstić information content (AvgIpc) is 3.40. The zero-order valence-corrected chi connectivity index (χ0v) is 14.7. The molecule has 4 heteroatoms. The molecule has 128 valence electrons. The fourth-order valence-corrected chi connectivity index (χ4v) is 2.77. The third-order valence-electron chi connectivity index (χ3n) is 4.51. The van der Waals surface area contributed by atoms with E-state index in [9.17, 15) is 4.79 Å². The Bertz CT molecular complexity index is 496. The normalized spacial score (nSPS) is 16.7. The third kappa shape index (κ3) is 4.71. The monoisotopic (exact) mass is 319 g/mol. The maximum Gasteiger partial charge on any atom is 0.256 e. The molecule has 0 heterocycles. The Morgan fingerprint density at radius 3 is 2.43 bits per heavy atom. The van der Waals surface area contributed by atoms with Crippen LogP contribution in [0.2, 0.25) is 0 Å². The first-order valence-electron chi connectivity index (χ1n) is 8.67. The fourth-order valence-electron chi connectivity index (χ4n) is 2.77. The number of hydrogen-bond acceptors (Lipinski definition) is 3. The van der Waals surface area contributed by atoms with Gasteiger partial charge >= 0.3 is 0 Å². The van der Waals surface area contributed by atoms with E-state index in [0.29, 0.717) is 12.5 Å². The largest absolute Gasteiger partial charge is 0.497 e. The van der Waals surface area contributed by atoms with Crippen molar-refractivity contribution in [1.82, 2.24) is 0 Å². The summed E-state index contributed by atoms with van der Waals surface area (Å²) in [4.78, 5) is 14.8. The molecule has 2 atom stereocenters. The van der Waals surface area contributed by atoms with Crippen molar-refractivity contribution in [3.8, 4) is 5.75 Å². The Balaban J connectivity index is 2.13. The van der Waals surface area contributed by atoms with Crippen LogP contribution >= 0.6 is 0 Å². The standard InChI is InChI=1S/C19H29NO3/c1-5-6-13-23-15(3)19(21)20(14(2)16-7-8-16)17-9-11-18(22-4)12-10-17/h9-12,14-16H,5-8,13H2,1-4H3/t14-,15-/m0/s1. The number of benzene rings is 1. The fraction of sp³-hybridized carbons (Fsp3) is 0.632. The van der Waals surface area contributed by atoms with Crippen LogP contribution in [0.4, 0.5) is 5.69 Å². The highest BCUT2D eigenvalue weighted by Gasteiger charge is 2.36. The Labute approximate surface area is 139 Å². The molecule has 1 amide bonds. The van der Waals surface area contributed by atoms with Crippen molar-refractivity contribution in [3.05, 3.63) is 24.3 Å². The minimum absolute atomic E-state index is 0.0469. The van der Waals surface area contributed by atoms with Crippen molar-refractivity contribution in [2.24, 2.45) is 5.92 Å². The average molecular weight is 319 g/mol. The van der Waals surface area contributed by atoms with Crippen LogP contribution in [0.3, 0.4) is 0 Å². The van der Waals surface area contributed by atoms with Gasteiger partial charge in [-0.15, -0.1) is 0 Å². The number of hydrogen-bond donors (Lipinski definition) is 0. The van der Waals surface area contributed by atoms with Gasteiger partial charge in [-0.3, -0.25) is 4.79 Å². The lowest BCUT2D eigenvalue weighted by Crippen LogP contribution is -2.45. The summed E-state index contributed by atoms with van der Waals surface area (Å²) in [6, 6.07) is 7.91. The summed E-state index contributed by atoms with van der Waals surface area (Å²) in [5, 5.41) is 0. The maximum absolute atomic E-state index is 12.9. The number of unbranched alkanes of at least 4 members (excludes halogenated alkanes) is 1. The zero-order valence-electron chi connectivity index (χ0n) is 14.7. The van der Waals surface area contributed by atoms with Crippen molar-refractivity contribution < 1.29 is 14.3 Å². The van der Waals surface area contributed by atoms with E-state index in [1.807, 2.05) is 36.1 Å². The van der Waals surface area contributed by atoms with Crippen molar-refractivity contribution >= 4 is 11.6 Å². The van der Waals surface area contributed by atoms with Crippen LogP contribution in [-0.4, -0.2) is 31.8 Å². The Morgan fingerprint density at radius 1 is 1.26 bits per heavy atom. The molecule has 1 aliphatic carbocycles. The highest BCUT2D eigenvalue weighted by atomic mass is 16.5.